The molecular weight excluding hydrogens is 129 g/mol. The number of rotatable bonds is 1. The minimum absolute atomic E-state index is 0.473. The van der Waals surface area contributed by atoms with Gasteiger partial charge in [-0.25, -0.2) is 0 Å². The summed E-state index contributed by atoms with van der Waals surface area (Å²) >= 11 is 0. The lowest BCUT2D eigenvalue weighted by Gasteiger charge is -2.24. The monoisotopic (exact) mass is 139 g/mol. The van der Waals surface area contributed by atoms with Gasteiger partial charge in [-0.2, -0.15) is 0 Å². The van der Waals surface area contributed by atoms with Gasteiger partial charge in [0.25, 0.3) is 0 Å². The summed E-state index contributed by atoms with van der Waals surface area (Å²) in [5, 5.41) is 17.6. The van der Waals surface area contributed by atoms with E-state index in [0.717, 1.165) is 0 Å². The molecule has 0 radical (unpaired) electrons. The van der Waals surface area contributed by atoms with Gasteiger partial charge in [0, 0.05) is 0 Å². The van der Waals surface area contributed by atoms with Crippen LogP contribution in [0.3, 0.4) is 0 Å². The van der Waals surface area contributed by atoms with Gasteiger partial charge >= 0.3 is 7.12 Å². The smallest absolute Gasteiger partial charge is 0.426 e. The molecule has 0 amide bonds. The number of allylic oxidation sites excluding steroid dienone is 2. The van der Waals surface area contributed by atoms with E-state index in [2.05, 4.69) is 0 Å². The van der Waals surface area contributed by atoms with Crippen molar-refractivity contribution in [2.75, 3.05) is 0 Å². The Morgan fingerprint density at radius 2 is 2.10 bits per heavy atom. The zero-order valence-corrected chi connectivity index (χ0v) is 5.57. The third-order valence-corrected chi connectivity index (χ3v) is 1.61. The van der Waals surface area contributed by atoms with Crippen molar-refractivity contribution in [3.8, 4) is 0 Å². The predicted octanol–water partition coefficient (Wildman–Crippen LogP) is -0.788. The van der Waals surface area contributed by atoms with Gasteiger partial charge in [-0.05, 0) is 6.42 Å². The van der Waals surface area contributed by atoms with E-state index in [9.17, 15) is 0 Å². The molecule has 0 saturated carbocycles. The van der Waals surface area contributed by atoms with E-state index < -0.39 is 12.6 Å². The standard InChI is InChI=1S/C6H10BNO2/c8-6(7(9)10)4-2-1-3-5-6/h1-4,9-10H,5,8H2. The van der Waals surface area contributed by atoms with Crippen LogP contribution < -0.4 is 5.73 Å². The quantitative estimate of drug-likeness (QED) is 0.417. The van der Waals surface area contributed by atoms with Gasteiger partial charge in [0.2, 0.25) is 0 Å². The second kappa shape index (κ2) is 2.58. The van der Waals surface area contributed by atoms with Crippen LogP contribution in [0.15, 0.2) is 24.3 Å². The minimum atomic E-state index is -1.48. The molecule has 1 aliphatic carbocycles. The van der Waals surface area contributed by atoms with Gasteiger partial charge in [-0.15, -0.1) is 0 Å². The molecule has 4 heteroatoms. The molecular formula is C6H10BNO2. The lowest BCUT2D eigenvalue weighted by molar-refractivity contribution is 0.363. The molecule has 0 aromatic carbocycles. The molecule has 0 aromatic heterocycles. The molecule has 1 unspecified atom stereocenters. The van der Waals surface area contributed by atoms with E-state index in [4.69, 9.17) is 15.8 Å². The fourth-order valence-corrected chi connectivity index (χ4v) is 0.845. The Labute approximate surface area is 60.0 Å². The molecule has 0 aromatic rings. The maximum absolute atomic E-state index is 8.78. The molecule has 3 nitrogen and oxygen atoms in total. The Morgan fingerprint density at radius 1 is 1.40 bits per heavy atom. The lowest BCUT2D eigenvalue weighted by Crippen LogP contribution is -2.53. The molecule has 10 heavy (non-hydrogen) atoms. The Balaban J connectivity index is 2.70. The zero-order chi connectivity index (χ0) is 7.61. The van der Waals surface area contributed by atoms with Gasteiger partial charge in [0.05, 0.1) is 5.44 Å². The summed E-state index contributed by atoms with van der Waals surface area (Å²) in [7, 11) is -1.48. The Bertz CT molecular complexity index is 179. The van der Waals surface area contributed by atoms with Crippen LogP contribution in [0.1, 0.15) is 6.42 Å². The fraction of sp³-hybridized carbons (Fsp3) is 0.333. The number of hydrogen-bond donors (Lipinski definition) is 3. The number of hydrogen-bond acceptors (Lipinski definition) is 3. The van der Waals surface area contributed by atoms with Crippen molar-refractivity contribution >= 4 is 7.12 Å². The van der Waals surface area contributed by atoms with Crippen molar-refractivity contribution in [1.29, 1.82) is 0 Å². The minimum Gasteiger partial charge on any atom is -0.426 e. The molecule has 54 valence electrons. The van der Waals surface area contributed by atoms with Crippen LogP contribution in [0.4, 0.5) is 0 Å². The van der Waals surface area contributed by atoms with Crippen LogP contribution >= 0.6 is 0 Å². The van der Waals surface area contributed by atoms with E-state index in [1.807, 2.05) is 6.08 Å². The summed E-state index contributed by atoms with van der Waals surface area (Å²) in [6.07, 6.45) is 7.41. The van der Waals surface area contributed by atoms with Gasteiger partial charge in [0.1, 0.15) is 0 Å². The predicted molar refractivity (Wildman–Crippen MR) is 40.0 cm³/mol. The van der Waals surface area contributed by atoms with Gasteiger partial charge < -0.3 is 15.8 Å². The fourth-order valence-electron chi connectivity index (χ4n) is 0.845. The van der Waals surface area contributed by atoms with E-state index >= 15 is 0 Å². The maximum atomic E-state index is 8.78. The summed E-state index contributed by atoms with van der Waals surface area (Å²) in [5.41, 5.74) is 4.59. The van der Waals surface area contributed by atoms with E-state index in [1.165, 1.54) is 0 Å². The van der Waals surface area contributed by atoms with Crippen molar-refractivity contribution in [2.45, 2.75) is 11.9 Å². The highest BCUT2D eigenvalue weighted by Gasteiger charge is 2.35. The second-order valence-electron chi connectivity index (χ2n) is 2.48. The van der Waals surface area contributed by atoms with Crippen molar-refractivity contribution in [1.82, 2.24) is 0 Å². The van der Waals surface area contributed by atoms with Gasteiger partial charge in [-0.3, -0.25) is 0 Å². The molecule has 0 heterocycles. The van der Waals surface area contributed by atoms with Crippen molar-refractivity contribution in [3.63, 3.8) is 0 Å². The van der Waals surface area contributed by atoms with Crippen LogP contribution in [0.2, 0.25) is 0 Å². The molecule has 0 fully saturated rings. The summed E-state index contributed by atoms with van der Waals surface area (Å²) in [6.45, 7) is 0. The number of nitrogens with two attached hydrogens (primary N) is 1. The first kappa shape index (κ1) is 7.53. The lowest BCUT2D eigenvalue weighted by atomic mass is 9.62. The first-order valence-corrected chi connectivity index (χ1v) is 3.14. The molecule has 0 aliphatic heterocycles. The van der Waals surface area contributed by atoms with Crippen LogP contribution in [0.25, 0.3) is 0 Å². The first-order valence-electron chi connectivity index (χ1n) is 3.14. The SMILES string of the molecule is NC1(B(O)O)C=CC=CC1. The average molecular weight is 139 g/mol. The third kappa shape index (κ3) is 1.29. The van der Waals surface area contributed by atoms with E-state index in [1.54, 1.807) is 18.2 Å². The molecule has 1 rings (SSSR count). The average Bonchev–Trinajstić information content (AvgIpc) is 1.89. The normalized spacial score (nSPS) is 30.7. The van der Waals surface area contributed by atoms with E-state index in [-0.39, 0.29) is 0 Å². The Hall–Kier alpha value is -0.575. The molecule has 0 bridgehead atoms. The van der Waals surface area contributed by atoms with E-state index in [0.29, 0.717) is 6.42 Å². The van der Waals surface area contributed by atoms with Crippen molar-refractivity contribution in [3.05, 3.63) is 24.3 Å². The largest absolute Gasteiger partial charge is 0.477 e. The van der Waals surface area contributed by atoms with Crippen LogP contribution in [-0.2, 0) is 0 Å². The summed E-state index contributed by atoms with van der Waals surface area (Å²) in [6, 6.07) is 0. The van der Waals surface area contributed by atoms with Gasteiger partial charge in [0.15, 0.2) is 0 Å². The zero-order valence-electron chi connectivity index (χ0n) is 5.57. The Morgan fingerprint density at radius 3 is 2.40 bits per heavy atom. The Kier molecular flexibility index (Phi) is 1.94. The molecule has 4 N–H and O–H groups in total. The topological polar surface area (TPSA) is 66.5 Å². The van der Waals surface area contributed by atoms with Crippen molar-refractivity contribution in [2.24, 2.45) is 5.73 Å². The van der Waals surface area contributed by atoms with Gasteiger partial charge in [-0.1, -0.05) is 24.3 Å². The highest BCUT2D eigenvalue weighted by molar-refractivity contribution is 6.46. The van der Waals surface area contributed by atoms with Crippen LogP contribution in [-0.4, -0.2) is 22.6 Å². The highest BCUT2D eigenvalue weighted by atomic mass is 16.4. The molecule has 0 spiro atoms. The third-order valence-electron chi connectivity index (χ3n) is 1.61. The summed E-state index contributed by atoms with van der Waals surface area (Å²) in [5.74, 6) is 0. The maximum Gasteiger partial charge on any atom is 0.477 e. The second-order valence-corrected chi connectivity index (χ2v) is 2.48. The summed E-state index contributed by atoms with van der Waals surface area (Å²) in [4.78, 5) is 0. The summed E-state index contributed by atoms with van der Waals surface area (Å²) < 4.78 is 0. The van der Waals surface area contributed by atoms with Crippen molar-refractivity contribution < 1.29 is 10.0 Å². The highest BCUT2D eigenvalue weighted by Crippen LogP contribution is 2.14. The first-order chi connectivity index (χ1) is 4.65. The molecule has 1 atom stereocenters. The molecule has 0 saturated heterocycles. The molecule has 1 aliphatic rings. The van der Waals surface area contributed by atoms with Crippen LogP contribution in [0, 0.1) is 0 Å². The van der Waals surface area contributed by atoms with Crippen LogP contribution in [0.5, 0.6) is 0 Å².